The number of halogens is 2. The summed E-state index contributed by atoms with van der Waals surface area (Å²) in [5.41, 5.74) is 7.38. The maximum absolute atomic E-state index is 13.5. The SMILES string of the molecule is CC(=O)N(c1ccccc1)c1nccc(-c2[nH]c(C(C)C)nc2-c2ccc(F)cc2)n1.CC(C)c1nc(-c2ccc(F)cc2)c(-c2ccnc(Nc3ccccc3)n2)[nH]1. The van der Waals surface area contributed by atoms with Crippen LogP contribution in [-0.4, -0.2) is 45.8 Å². The predicted molar refractivity (Wildman–Crippen MR) is 227 cm³/mol. The normalized spacial score (nSPS) is 11.0. The molecule has 0 radical (unpaired) electrons. The lowest BCUT2D eigenvalue weighted by Crippen LogP contribution is -2.24. The molecule has 13 heteroatoms. The third-order valence-electron chi connectivity index (χ3n) is 9.14. The molecule has 0 fully saturated rings. The molecule has 4 aromatic heterocycles. The van der Waals surface area contributed by atoms with Crippen LogP contribution in [0.2, 0.25) is 0 Å². The highest BCUT2D eigenvalue weighted by Crippen LogP contribution is 2.34. The zero-order valence-electron chi connectivity index (χ0n) is 33.2. The number of H-pyrrole nitrogens is 2. The highest BCUT2D eigenvalue weighted by Gasteiger charge is 2.22. The fourth-order valence-electron chi connectivity index (χ4n) is 6.15. The van der Waals surface area contributed by atoms with E-state index < -0.39 is 0 Å². The average molecular weight is 789 g/mol. The van der Waals surface area contributed by atoms with E-state index in [4.69, 9.17) is 9.97 Å². The number of amides is 1. The van der Waals surface area contributed by atoms with E-state index in [1.807, 2.05) is 80.6 Å². The first-order chi connectivity index (χ1) is 28.5. The van der Waals surface area contributed by atoms with Crippen molar-refractivity contribution in [2.45, 2.75) is 46.5 Å². The van der Waals surface area contributed by atoms with Crippen molar-refractivity contribution in [1.29, 1.82) is 0 Å². The van der Waals surface area contributed by atoms with Crippen molar-refractivity contribution in [3.05, 3.63) is 157 Å². The van der Waals surface area contributed by atoms with E-state index in [0.29, 0.717) is 34.4 Å². The van der Waals surface area contributed by atoms with Crippen molar-refractivity contribution < 1.29 is 13.6 Å². The Hall–Kier alpha value is -7.41. The zero-order valence-corrected chi connectivity index (χ0v) is 33.2. The van der Waals surface area contributed by atoms with E-state index in [9.17, 15) is 13.6 Å². The first kappa shape index (κ1) is 39.8. The largest absolute Gasteiger partial charge is 0.340 e. The van der Waals surface area contributed by atoms with Crippen molar-refractivity contribution in [2.24, 2.45) is 0 Å². The topological polar surface area (TPSA) is 141 Å². The molecule has 8 rings (SSSR count). The maximum atomic E-state index is 13.5. The average Bonchev–Trinajstić information content (AvgIpc) is 3.90. The molecule has 0 atom stereocenters. The van der Waals surface area contributed by atoms with Crippen LogP contribution in [0.4, 0.5) is 32.1 Å². The number of nitrogens with one attached hydrogen (secondary N) is 3. The second-order valence-electron chi connectivity index (χ2n) is 14.2. The monoisotopic (exact) mass is 788 g/mol. The molecule has 0 saturated carbocycles. The molecule has 0 spiro atoms. The van der Waals surface area contributed by atoms with Crippen LogP contribution >= 0.6 is 0 Å². The summed E-state index contributed by atoms with van der Waals surface area (Å²) < 4.78 is 26.8. The van der Waals surface area contributed by atoms with Gasteiger partial charge in [0, 0.05) is 48.0 Å². The number of hydrogen-bond acceptors (Lipinski definition) is 8. The fraction of sp³-hybridized carbons (Fsp3) is 0.152. The number of nitrogens with zero attached hydrogens (tertiary/aromatic N) is 7. The third kappa shape index (κ3) is 9.42. The fourth-order valence-corrected chi connectivity index (χ4v) is 6.15. The molecule has 0 aliphatic carbocycles. The summed E-state index contributed by atoms with van der Waals surface area (Å²) in [6, 6.07) is 35.1. The molecule has 4 heterocycles. The van der Waals surface area contributed by atoms with Crippen molar-refractivity contribution in [3.63, 3.8) is 0 Å². The second-order valence-corrected chi connectivity index (χ2v) is 14.2. The van der Waals surface area contributed by atoms with E-state index in [1.54, 1.807) is 42.7 Å². The lowest BCUT2D eigenvalue weighted by atomic mass is 10.1. The van der Waals surface area contributed by atoms with Gasteiger partial charge in [-0.15, -0.1) is 0 Å². The van der Waals surface area contributed by atoms with Gasteiger partial charge in [-0.2, -0.15) is 0 Å². The van der Waals surface area contributed by atoms with Gasteiger partial charge < -0.3 is 15.3 Å². The Morgan fingerprint density at radius 3 is 1.56 bits per heavy atom. The summed E-state index contributed by atoms with van der Waals surface area (Å²) in [4.78, 5) is 48.0. The third-order valence-corrected chi connectivity index (χ3v) is 9.14. The van der Waals surface area contributed by atoms with Gasteiger partial charge in [0.1, 0.15) is 23.3 Å². The molecule has 1 amide bonds. The molecule has 8 aromatic rings. The van der Waals surface area contributed by atoms with Gasteiger partial charge in [0.25, 0.3) is 0 Å². The molecule has 11 nitrogen and oxygen atoms in total. The summed E-state index contributed by atoms with van der Waals surface area (Å²) in [6.07, 6.45) is 3.32. The van der Waals surface area contributed by atoms with Gasteiger partial charge >= 0.3 is 0 Å². The molecule has 0 bridgehead atoms. The van der Waals surface area contributed by atoms with Crippen molar-refractivity contribution >= 4 is 29.2 Å². The van der Waals surface area contributed by atoms with Gasteiger partial charge in [0.05, 0.1) is 39.9 Å². The van der Waals surface area contributed by atoms with Gasteiger partial charge in [0.15, 0.2) is 0 Å². The quantitative estimate of drug-likeness (QED) is 0.124. The Morgan fingerprint density at radius 1 is 0.593 bits per heavy atom. The minimum Gasteiger partial charge on any atom is -0.340 e. The van der Waals surface area contributed by atoms with Gasteiger partial charge in [-0.3, -0.25) is 4.79 Å². The van der Waals surface area contributed by atoms with E-state index in [1.165, 1.54) is 36.1 Å². The molecule has 59 heavy (non-hydrogen) atoms. The zero-order chi connectivity index (χ0) is 41.5. The summed E-state index contributed by atoms with van der Waals surface area (Å²) in [7, 11) is 0. The maximum Gasteiger partial charge on any atom is 0.237 e. The first-order valence-corrected chi connectivity index (χ1v) is 19.1. The van der Waals surface area contributed by atoms with Crippen LogP contribution in [0.15, 0.2) is 134 Å². The predicted octanol–water partition coefficient (Wildman–Crippen LogP) is 11.0. The molecule has 4 aromatic carbocycles. The standard InChI is InChI=1S/C24H22FN5O.C22H20FN5/c1-15(2)23-28-21(17-9-11-18(25)12-10-17)22(29-23)20-13-14-26-24(27-20)30(16(3)31)19-7-5-4-6-8-19;1-14(2)21-27-19(15-8-10-16(23)11-9-15)20(28-21)18-12-13-24-22(26-18)25-17-6-4-3-5-7-17/h4-15H,1-3H3,(H,28,29);3-14H,1-2H3,(H,27,28)(H,24,25,26). The Labute approximate surface area is 340 Å². The number of anilines is 4. The minimum absolute atomic E-state index is 0.160. The number of para-hydroxylation sites is 2. The van der Waals surface area contributed by atoms with Gasteiger partial charge in [-0.25, -0.2) is 43.6 Å². The number of carbonyl (C=O) groups is 1. The Balaban J connectivity index is 0.000000180. The van der Waals surface area contributed by atoms with Gasteiger partial charge in [-0.1, -0.05) is 64.1 Å². The van der Waals surface area contributed by atoms with Crippen LogP contribution in [0.1, 0.15) is 58.1 Å². The van der Waals surface area contributed by atoms with Crippen molar-refractivity contribution in [1.82, 2.24) is 39.9 Å². The highest BCUT2D eigenvalue weighted by molar-refractivity contribution is 5.97. The lowest BCUT2D eigenvalue weighted by molar-refractivity contribution is -0.115. The molecule has 0 aliphatic heterocycles. The first-order valence-electron chi connectivity index (χ1n) is 19.1. The molecule has 0 aliphatic rings. The second kappa shape index (κ2) is 17.8. The minimum atomic E-state index is -0.311. The Kier molecular flexibility index (Phi) is 12.0. The number of aromatic amines is 2. The van der Waals surface area contributed by atoms with Crippen LogP contribution in [0.5, 0.6) is 0 Å². The van der Waals surface area contributed by atoms with Crippen LogP contribution in [-0.2, 0) is 4.79 Å². The molecule has 0 unspecified atom stereocenters. The van der Waals surface area contributed by atoms with Crippen LogP contribution in [0.25, 0.3) is 45.3 Å². The number of carbonyl (C=O) groups excluding carboxylic acids is 1. The number of rotatable bonds is 10. The van der Waals surface area contributed by atoms with Crippen molar-refractivity contribution in [3.8, 4) is 45.3 Å². The smallest absolute Gasteiger partial charge is 0.237 e. The number of imidazole rings is 2. The highest BCUT2D eigenvalue weighted by atomic mass is 19.1. The Bertz CT molecular complexity index is 2640. The summed E-state index contributed by atoms with van der Waals surface area (Å²) >= 11 is 0. The summed E-state index contributed by atoms with van der Waals surface area (Å²) in [6.45, 7) is 9.68. The lowest BCUT2D eigenvalue weighted by Gasteiger charge is -2.19. The van der Waals surface area contributed by atoms with Crippen LogP contribution in [0.3, 0.4) is 0 Å². The molecular formula is C46H42F2N10O. The van der Waals surface area contributed by atoms with E-state index >= 15 is 0 Å². The molecule has 3 N–H and O–H groups in total. The van der Waals surface area contributed by atoms with Crippen LogP contribution in [0, 0.1) is 11.6 Å². The van der Waals surface area contributed by atoms with E-state index in [-0.39, 0.29) is 35.3 Å². The molecular weight excluding hydrogens is 747 g/mol. The van der Waals surface area contributed by atoms with E-state index in [2.05, 4.69) is 49.1 Å². The number of hydrogen-bond donors (Lipinski definition) is 3. The number of benzene rings is 4. The Morgan fingerprint density at radius 2 is 1.07 bits per heavy atom. The molecule has 0 saturated heterocycles. The summed E-state index contributed by atoms with van der Waals surface area (Å²) in [5.74, 6) is 2.00. The summed E-state index contributed by atoms with van der Waals surface area (Å²) in [5, 5.41) is 3.20. The van der Waals surface area contributed by atoms with Gasteiger partial charge in [-0.05, 0) is 84.9 Å². The molecule has 296 valence electrons. The van der Waals surface area contributed by atoms with Gasteiger partial charge in [0.2, 0.25) is 17.8 Å². The number of aromatic nitrogens is 8. The van der Waals surface area contributed by atoms with E-state index in [0.717, 1.165) is 39.9 Å². The van der Waals surface area contributed by atoms with Crippen molar-refractivity contribution in [2.75, 3.05) is 10.2 Å². The van der Waals surface area contributed by atoms with Crippen LogP contribution < -0.4 is 10.2 Å².